The molecular weight excluding hydrogens is 501 g/mol. The summed E-state index contributed by atoms with van der Waals surface area (Å²) in [6.07, 6.45) is -3.07. The zero-order valence-electron chi connectivity index (χ0n) is 19.9. The van der Waals surface area contributed by atoms with Crippen molar-refractivity contribution in [3.63, 3.8) is 0 Å². The number of hydrogen-bond acceptors (Lipinski definition) is 6. The van der Waals surface area contributed by atoms with Crippen molar-refractivity contribution in [3.05, 3.63) is 29.2 Å². The average Bonchev–Trinajstić information content (AvgIpc) is 3.34. The first-order valence-corrected chi connectivity index (χ1v) is 12.5. The number of carbonyl (C=O) groups is 1. The molecule has 0 unspecified atom stereocenters. The van der Waals surface area contributed by atoms with Gasteiger partial charge in [-0.3, -0.25) is 10.00 Å². The van der Waals surface area contributed by atoms with Gasteiger partial charge in [0.25, 0.3) is 0 Å². The van der Waals surface area contributed by atoms with Gasteiger partial charge >= 0.3 is 12.2 Å². The van der Waals surface area contributed by atoms with Crippen LogP contribution in [-0.4, -0.2) is 86.3 Å². The van der Waals surface area contributed by atoms with Crippen molar-refractivity contribution in [3.8, 4) is 0 Å². The number of urea groups is 1. The van der Waals surface area contributed by atoms with E-state index in [0.29, 0.717) is 45.1 Å². The molecule has 9 nitrogen and oxygen atoms in total. The van der Waals surface area contributed by atoms with Crippen molar-refractivity contribution in [2.45, 2.75) is 56.2 Å². The molecule has 0 aromatic carbocycles. The predicted molar refractivity (Wildman–Crippen MR) is 115 cm³/mol. The van der Waals surface area contributed by atoms with Gasteiger partial charge in [0.05, 0.1) is 6.54 Å². The maximum Gasteiger partial charge on any atom is 0.436 e. The summed E-state index contributed by atoms with van der Waals surface area (Å²) in [5.74, 6) is -1.20. The van der Waals surface area contributed by atoms with Gasteiger partial charge in [0.1, 0.15) is 5.82 Å². The predicted octanol–water partition coefficient (Wildman–Crippen LogP) is 3.44. The minimum Gasteiger partial charge on any atom is -0.359 e. The number of amides is 2. The van der Waals surface area contributed by atoms with E-state index in [4.69, 9.17) is 4.52 Å². The molecule has 0 atom stereocenters. The second-order valence-electron chi connectivity index (χ2n) is 12.0. The van der Waals surface area contributed by atoms with Crippen LogP contribution < -0.4 is 0 Å². The van der Waals surface area contributed by atoms with E-state index in [1.165, 1.54) is 0 Å². The van der Waals surface area contributed by atoms with Gasteiger partial charge in [0, 0.05) is 80.8 Å². The minimum atomic E-state index is -4.51. The molecule has 2 amide bonds. The first-order chi connectivity index (χ1) is 17.4. The van der Waals surface area contributed by atoms with Gasteiger partial charge in [0.15, 0.2) is 17.3 Å². The Labute approximate surface area is 208 Å². The largest absolute Gasteiger partial charge is 0.436 e. The Morgan fingerprint density at radius 2 is 1.65 bits per heavy atom. The standard InChI is InChI=1S/C23H26F5N7O2/c24-22(25)4-14(5-22)18-29-17(30-31-18)13-2-20(3-13)9-34(10-20)19(36)35-11-21(12-35)7-33(8-21)6-15-1-16(32-37-15)23(26,27)28/h1,13-14H,2-12H2,(H,29,30,31). The molecule has 2 aromatic heterocycles. The van der Waals surface area contributed by atoms with Gasteiger partial charge in [-0.15, -0.1) is 0 Å². The average molecular weight is 527 g/mol. The van der Waals surface area contributed by atoms with Crippen molar-refractivity contribution < 1.29 is 31.3 Å². The molecule has 5 fully saturated rings. The maximum absolute atomic E-state index is 13.1. The Morgan fingerprint density at radius 1 is 1.00 bits per heavy atom. The highest BCUT2D eigenvalue weighted by atomic mass is 19.4. The summed E-state index contributed by atoms with van der Waals surface area (Å²) in [5.41, 5.74) is -0.894. The molecule has 2 spiro atoms. The lowest BCUT2D eigenvalue weighted by atomic mass is 9.57. The molecule has 2 aromatic rings. The summed E-state index contributed by atoms with van der Waals surface area (Å²) < 4.78 is 69.0. The monoisotopic (exact) mass is 527 g/mol. The van der Waals surface area contributed by atoms with E-state index in [0.717, 1.165) is 24.7 Å². The van der Waals surface area contributed by atoms with Crippen molar-refractivity contribution in [2.24, 2.45) is 10.8 Å². The van der Waals surface area contributed by atoms with Gasteiger partial charge in [-0.05, 0) is 12.8 Å². The number of aromatic amines is 1. The molecule has 5 heterocycles. The van der Waals surface area contributed by atoms with Gasteiger partial charge in [-0.2, -0.15) is 18.3 Å². The molecule has 2 aliphatic carbocycles. The minimum absolute atomic E-state index is 0.0149. The van der Waals surface area contributed by atoms with E-state index in [2.05, 4.69) is 20.3 Å². The molecule has 200 valence electrons. The second-order valence-corrected chi connectivity index (χ2v) is 12.0. The van der Waals surface area contributed by atoms with Crippen LogP contribution in [0.4, 0.5) is 26.7 Å². The molecule has 2 saturated carbocycles. The van der Waals surface area contributed by atoms with Gasteiger partial charge in [-0.1, -0.05) is 5.16 Å². The molecule has 0 bridgehead atoms. The summed E-state index contributed by atoms with van der Waals surface area (Å²) in [7, 11) is 0. The Kier molecular flexibility index (Phi) is 4.68. The van der Waals surface area contributed by atoms with Crippen molar-refractivity contribution >= 4 is 6.03 Å². The van der Waals surface area contributed by atoms with Crippen LogP contribution in [0.3, 0.4) is 0 Å². The van der Waals surface area contributed by atoms with Crippen LogP contribution >= 0.6 is 0 Å². The zero-order valence-corrected chi connectivity index (χ0v) is 19.9. The highest BCUT2D eigenvalue weighted by molar-refractivity contribution is 5.77. The lowest BCUT2D eigenvalue weighted by Gasteiger charge is -2.63. The normalized spacial score (nSPS) is 26.4. The van der Waals surface area contributed by atoms with Crippen LogP contribution in [-0.2, 0) is 12.7 Å². The van der Waals surface area contributed by atoms with Crippen molar-refractivity contribution in [1.29, 1.82) is 0 Å². The van der Waals surface area contributed by atoms with Crippen LogP contribution in [0.25, 0.3) is 0 Å². The molecule has 3 aliphatic heterocycles. The summed E-state index contributed by atoms with van der Waals surface area (Å²) in [6.45, 7) is 4.42. The van der Waals surface area contributed by atoms with Crippen LogP contribution in [0, 0.1) is 10.8 Å². The summed E-state index contributed by atoms with van der Waals surface area (Å²) in [5, 5.41) is 10.2. The van der Waals surface area contributed by atoms with E-state index < -0.39 is 17.8 Å². The number of halogens is 5. The van der Waals surface area contributed by atoms with E-state index in [9.17, 15) is 26.7 Å². The maximum atomic E-state index is 13.1. The molecule has 5 aliphatic rings. The number of nitrogens with one attached hydrogen (secondary N) is 1. The first-order valence-electron chi connectivity index (χ1n) is 12.5. The van der Waals surface area contributed by atoms with Crippen LogP contribution in [0.1, 0.15) is 60.6 Å². The highest BCUT2D eigenvalue weighted by Gasteiger charge is 2.59. The quantitative estimate of drug-likeness (QED) is 0.613. The third-order valence-corrected chi connectivity index (χ3v) is 8.71. The Hall–Kier alpha value is -2.77. The number of hydrogen-bond donors (Lipinski definition) is 1. The second kappa shape index (κ2) is 7.41. The number of carbonyl (C=O) groups excluding carboxylic acids is 1. The third-order valence-electron chi connectivity index (χ3n) is 8.71. The van der Waals surface area contributed by atoms with Crippen LogP contribution in [0.15, 0.2) is 10.6 Å². The fourth-order valence-corrected chi connectivity index (χ4v) is 6.89. The molecule has 0 radical (unpaired) electrons. The fraction of sp³-hybridized carbons (Fsp3) is 0.739. The molecule has 7 rings (SSSR count). The Morgan fingerprint density at radius 3 is 2.24 bits per heavy atom. The number of aromatic nitrogens is 4. The number of rotatable bonds is 4. The zero-order chi connectivity index (χ0) is 25.8. The Bertz CT molecular complexity index is 1210. The summed E-state index contributed by atoms with van der Waals surface area (Å²) in [6, 6.07) is 0.972. The van der Waals surface area contributed by atoms with Crippen LogP contribution in [0.2, 0.25) is 0 Å². The van der Waals surface area contributed by atoms with Crippen molar-refractivity contribution in [2.75, 3.05) is 39.3 Å². The summed E-state index contributed by atoms with van der Waals surface area (Å²) in [4.78, 5) is 23.1. The van der Waals surface area contributed by atoms with E-state index in [1.54, 1.807) is 0 Å². The van der Waals surface area contributed by atoms with Gasteiger partial charge in [-0.25, -0.2) is 18.6 Å². The molecule has 1 N–H and O–H groups in total. The van der Waals surface area contributed by atoms with Crippen LogP contribution in [0.5, 0.6) is 0 Å². The van der Waals surface area contributed by atoms with Gasteiger partial charge < -0.3 is 14.3 Å². The Balaban J connectivity index is 0.833. The molecule has 37 heavy (non-hydrogen) atoms. The first kappa shape index (κ1) is 23.4. The number of likely N-dealkylation sites (tertiary alicyclic amines) is 3. The molecular formula is C23H26F5N7O2. The van der Waals surface area contributed by atoms with E-state index in [-0.39, 0.29) is 53.8 Å². The lowest BCUT2D eigenvalue weighted by molar-refractivity contribution is -0.142. The number of alkyl halides is 5. The highest BCUT2D eigenvalue weighted by Crippen LogP contribution is 2.56. The smallest absolute Gasteiger partial charge is 0.359 e. The topological polar surface area (TPSA) is 94.4 Å². The number of H-pyrrole nitrogens is 1. The van der Waals surface area contributed by atoms with E-state index in [1.807, 2.05) is 14.7 Å². The van der Waals surface area contributed by atoms with E-state index >= 15 is 0 Å². The summed E-state index contributed by atoms with van der Waals surface area (Å²) >= 11 is 0. The van der Waals surface area contributed by atoms with Crippen molar-refractivity contribution in [1.82, 2.24) is 35.0 Å². The molecule has 3 saturated heterocycles. The van der Waals surface area contributed by atoms with Gasteiger partial charge in [0.2, 0.25) is 5.92 Å². The molecule has 14 heteroatoms. The number of nitrogens with zero attached hydrogens (tertiary/aromatic N) is 6. The lowest BCUT2D eigenvalue weighted by Crippen LogP contribution is -2.75. The SMILES string of the molecule is O=C(N1CC2(CC(c3nc(C4CC(F)(F)C4)n[nH]3)C2)C1)N1CC2(CN(Cc3cc(C(F)(F)F)no3)C2)C1. The third kappa shape index (κ3) is 3.89. The fourth-order valence-electron chi connectivity index (χ4n) is 6.89.